The van der Waals surface area contributed by atoms with E-state index in [2.05, 4.69) is 5.38 Å². The van der Waals surface area contributed by atoms with Crippen LogP contribution in [0.2, 0.25) is 0 Å². The fourth-order valence-electron chi connectivity index (χ4n) is 1.85. The average Bonchev–Trinajstić information content (AvgIpc) is 2.33. The summed E-state index contributed by atoms with van der Waals surface area (Å²) in [7, 11) is 0. The summed E-state index contributed by atoms with van der Waals surface area (Å²) in [5.41, 5.74) is 2.96. The summed E-state index contributed by atoms with van der Waals surface area (Å²) in [6.07, 6.45) is 6.67. The fraction of sp³-hybridized carbons (Fsp3) is 0.600. The molecule has 0 N–H and O–H groups in total. The first-order chi connectivity index (χ1) is 5.92. The minimum Gasteiger partial charge on any atom is -0.148 e. The number of hydrogen-bond acceptors (Lipinski definition) is 1. The van der Waals surface area contributed by atoms with Gasteiger partial charge in [0.15, 0.2) is 0 Å². The summed E-state index contributed by atoms with van der Waals surface area (Å²) in [6, 6.07) is 0. The zero-order chi connectivity index (χ0) is 8.39. The van der Waals surface area contributed by atoms with E-state index in [4.69, 9.17) is 11.6 Å². The molecule has 0 bridgehead atoms. The lowest BCUT2D eigenvalue weighted by atomic mass is 10.1. The fourth-order valence-corrected chi connectivity index (χ4v) is 3.33. The van der Waals surface area contributed by atoms with Gasteiger partial charge in [0.1, 0.15) is 0 Å². The van der Waals surface area contributed by atoms with Crippen molar-refractivity contribution in [2.75, 3.05) is 0 Å². The first kappa shape index (κ1) is 8.58. The Morgan fingerprint density at radius 1 is 1.25 bits per heavy atom. The summed E-state index contributed by atoms with van der Waals surface area (Å²) in [6.45, 7) is 0. The maximum Gasteiger partial charge on any atom is 0.0485 e. The number of thiophene rings is 1. The first-order valence-electron chi connectivity index (χ1n) is 4.56. The van der Waals surface area contributed by atoms with E-state index in [9.17, 15) is 0 Å². The Bertz CT molecular complexity index is 265. The van der Waals surface area contributed by atoms with E-state index < -0.39 is 0 Å². The minimum absolute atomic E-state index is 0.700. The van der Waals surface area contributed by atoms with Crippen LogP contribution in [-0.4, -0.2) is 0 Å². The Morgan fingerprint density at radius 3 is 2.92 bits per heavy atom. The quantitative estimate of drug-likeness (QED) is 0.479. The molecule has 0 aliphatic heterocycles. The van der Waals surface area contributed by atoms with Gasteiger partial charge in [-0.2, -0.15) is 0 Å². The van der Waals surface area contributed by atoms with Crippen LogP contribution in [0.4, 0.5) is 0 Å². The van der Waals surface area contributed by atoms with Crippen LogP contribution in [0.1, 0.15) is 35.3 Å². The largest absolute Gasteiger partial charge is 0.148 e. The van der Waals surface area contributed by atoms with Crippen molar-refractivity contribution in [2.45, 2.75) is 38.0 Å². The summed E-state index contributed by atoms with van der Waals surface area (Å²) in [5.74, 6) is 0.700. The molecule has 0 saturated heterocycles. The molecule has 2 heteroatoms. The van der Waals surface area contributed by atoms with Crippen molar-refractivity contribution in [1.29, 1.82) is 0 Å². The molecule has 1 aromatic heterocycles. The van der Waals surface area contributed by atoms with E-state index in [1.807, 2.05) is 11.3 Å². The van der Waals surface area contributed by atoms with Crippen molar-refractivity contribution in [1.82, 2.24) is 0 Å². The van der Waals surface area contributed by atoms with Gasteiger partial charge in [0, 0.05) is 10.8 Å². The van der Waals surface area contributed by atoms with Gasteiger partial charge in [-0.05, 0) is 42.2 Å². The van der Waals surface area contributed by atoms with Crippen LogP contribution in [0.15, 0.2) is 5.38 Å². The van der Waals surface area contributed by atoms with Crippen molar-refractivity contribution in [3.05, 3.63) is 21.4 Å². The van der Waals surface area contributed by atoms with E-state index in [-0.39, 0.29) is 0 Å². The Balaban J connectivity index is 2.32. The number of alkyl halides is 1. The molecule has 12 heavy (non-hydrogen) atoms. The van der Waals surface area contributed by atoms with Crippen LogP contribution in [0.25, 0.3) is 0 Å². The molecule has 0 atom stereocenters. The zero-order valence-corrected chi connectivity index (χ0v) is 8.68. The number of halogens is 1. The van der Waals surface area contributed by atoms with Crippen LogP contribution in [-0.2, 0) is 18.7 Å². The third kappa shape index (κ3) is 1.53. The molecule has 66 valence electrons. The molecule has 0 amide bonds. The number of aryl methyl sites for hydroxylation is 1. The predicted molar refractivity (Wildman–Crippen MR) is 55.1 cm³/mol. The first-order valence-corrected chi connectivity index (χ1v) is 5.97. The smallest absolute Gasteiger partial charge is 0.0485 e. The Labute approximate surface area is 82.6 Å². The molecule has 0 nitrogen and oxygen atoms in total. The maximum absolute atomic E-state index is 5.87. The zero-order valence-electron chi connectivity index (χ0n) is 7.11. The van der Waals surface area contributed by atoms with Gasteiger partial charge in [0.05, 0.1) is 0 Å². The van der Waals surface area contributed by atoms with E-state index in [0.29, 0.717) is 5.88 Å². The van der Waals surface area contributed by atoms with Crippen LogP contribution >= 0.6 is 22.9 Å². The molecule has 0 unspecified atom stereocenters. The van der Waals surface area contributed by atoms with E-state index >= 15 is 0 Å². The Kier molecular flexibility index (Phi) is 2.72. The van der Waals surface area contributed by atoms with Gasteiger partial charge in [0.25, 0.3) is 0 Å². The second-order valence-electron chi connectivity index (χ2n) is 3.36. The lowest BCUT2D eigenvalue weighted by Crippen LogP contribution is -1.88. The maximum atomic E-state index is 5.87. The highest BCUT2D eigenvalue weighted by atomic mass is 35.5. The molecule has 1 aromatic rings. The van der Waals surface area contributed by atoms with Gasteiger partial charge >= 0.3 is 0 Å². The summed E-state index contributed by atoms with van der Waals surface area (Å²) in [5, 5.41) is 2.24. The molecular weight excluding hydrogens is 188 g/mol. The Hall–Kier alpha value is -0.0100. The normalized spacial score (nSPS) is 17.1. The van der Waals surface area contributed by atoms with Crippen molar-refractivity contribution in [2.24, 2.45) is 0 Å². The van der Waals surface area contributed by atoms with Crippen LogP contribution in [0, 0.1) is 0 Å². The van der Waals surface area contributed by atoms with Gasteiger partial charge in [-0.1, -0.05) is 6.42 Å². The lowest BCUT2D eigenvalue weighted by Gasteiger charge is -1.99. The van der Waals surface area contributed by atoms with Gasteiger partial charge in [-0.25, -0.2) is 0 Å². The molecule has 2 rings (SSSR count). The lowest BCUT2D eigenvalue weighted by molar-refractivity contribution is 0.712. The molecular formula is C10H13ClS. The molecule has 0 saturated carbocycles. The monoisotopic (exact) mass is 200 g/mol. The van der Waals surface area contributed by atoms with E-state index in [1.165, 1.54) is 37.7 Å². The van der Waals surface area contributed by atoms with Crippen molar-refractivity contribution in [3.8, 4) is 0 Å². The van der Waals surface area contributed by atoms with Crippen molar-refractivity contribution >= 4 is 22.9 Å². The van der Waals surface area contributed by atoms with Gasteiger partial charge in [-0.3, -0.25) is 0 Å². The summed E-state index contributed by atoms with van der Waals surface area (Å²) in [4.78, 5) is 1.60. The van der Waals surface area contributed by atoms with Gasteiger partial charge in [0.2, 0.25) is 0 Å². The number of hydrogen-bond donors (Lipinski definition) is 0. The molecule has 0 spiro atoms. The third-order valence-electron chi connectivity index (χ3n) is 2.54. The van der Waals surface area contributed by atoms with Crippen molar-refractivity contribution in [3.63, 3.8) is 0 Å². The molecule has 1 aliphatic carbocycles. The highest BCUT2D eigenvalue weighted by molar-refractivity contribution is 7.10. The highest BCUT2D eigenvalue weighted by Gasteiger charge is 2.13. The standard InChI is InChI=1S/C10H13ClS/c11-6-8-7-12-10-5-3-1-2-4-9(8)10/h7H,1-6H2. The molecule has 0 radical (unpaired) electrons. The molecule has 0 aromatic carbocycles. The van der Waals surface area contributed by atoms with Crippen molar-refractivity contribution < 1.29 is 0 Å². The summed E-state index contributed by atoms with van der Waals surface area (Å²) < 4.78 is 0. The van der Waals surface area contributed by atoms with Crippen LogP contribution in [0.5, 0.6) is 0 Å². The third-order valence-corrected chi connectivity index (χ3v) is 3.97. The molecule has 1 aliphatic rings. The predicted octanol–water partition coefficient (Wildman–Crippen LogP) is 3.76. The van der Waals surface area contributed by atoms with E-state index in [1.54, 1.807) is 10.4 Å². The molecule has 0 fully saturated rings. The van der Waals surface area contributed by atoms with Crippen LogP contribution in [0.3, 0.4) is 0 Å². The minimum atomic E-state index is 0.700. The summed E-state index contributed by atoms with van der Waals surface area (Å²) >= 11 is 7.77. The van der Waals surface area contributed by atoms with Crippen LogP contribution < -0.4 is 0 Å². The topological polar surface area (TPSA) is 0 Å². The van der Waals surface area contributed by atoms with Gasteiger partial charge in [-0.15, -0.1) is 22.9 Å². The molecule has 1 heterocycles. The second kappa shape index (κ2) is 3.80. The number of rotatable bonds is 1. The number of fused-ring (bicyclic) bond motifs is 1. The van der Waals surface area contributed by atoms with Gasteiger partial charge < -0.3 is 0 Å². The average molecular weight is 201 g/mol. The SMILES string of the molecule is ClCc1csc2c1CCCCC2. The Morgan fingerprint density at radius 2 is 2.08 bits per heavy atom. The second-order valence-corrected chi connectivity index (χ2v) is 4.59. The van der Waals surface area contributed by atoms with E-state index in [0.717, 1.165) is 0 Å². The highest BCUT2D eigenvalue weighted by Crippen LogP contribution is 2.30.